The number of aliphatic imine (C=N–C) groups is 2. The van der Waals surface area contributed by atoms with Gasteiger partial charge in [-0.3, -0.25) is 29.2 Å². The fraction of sp³-hybridized carbons (Fsp3) is 0.480. The minimum absolute atomic E-state index is 0.0256. The quantitative estimate of drug-likeness (QED) is 0.0931. The SMILES string of the molecule is C=C(C)[C@@H](C(=O)N[C@H]1Cc2cccc(c2)-c2ccc3c(c2)c(c(-c2cnccc2COC)n3CC)CC(C)(C)COC(=O)[C@@H]2CCCN(N2)C1=O)N(C)C(=O)CCN=C=NC(C)(C)C. The molecule has 0 aliphatic carbocycles. The van der Waals surface area contributed by atoms with E-state index in [1.807, 2.05) is 51.2 Å². The Hall–Kier alpha value is -5.95. The number of cyclic esters (lactones) is 1. The van der Waals surface area contributed by atoms with Crippen LogP contribution in [0.15, 0.2) is 83.1 Å². The van der Waals surface area contributed by atoms with Gasteiger partial charge >= 0.3 is 5.97 Å². The first kappa shape index (κ1) is 47.5. The molecule has 1 saturated heterocycles. The van der Waals surface area contributed by atoms with E-state index in [4.69, 9.17) is 9.47 Å². The van der Waals surface area contributed by atoms with E-state index in [2.05, 4.69) is 87.9 Å². The van der Waals surface area contributed by atoms with Gasteiger partial charge in [0.2, 0.25) is 11.8 Å². The molecule has 6 rings (SSSR count). The van der Waals surface area contributed by atoms with Crippen molar-refractivity contribution in [1.82, 2.24) is 30.2 Å². The summed E-state index contributed by atoms with van der Waals surface area (Å²) < 4.78 is 14.1. The van der Waals surface area contributed by atoms with Crippen LogP contribution in [0.5, 0.6) is 0 Å². The maximum absolute atomic E-state index is 14.6. The number of carbonyl (C=O) groups excluding carboxylic acids is 4. The highest BCUT2D eigenvalue weighted by atomic mass is 16.5. The summed E-state index contributed by atoms with van der Waals surface area (Å²) in [6, 6.07) is 16.2. The van der Waals surface area contributed by atoms with Gasteiger partial charge in [-0.15, -0.1) is 0 Å². The van der Waals surface area contributed by atoms with Gasteiger partial charge < -0.3 is 24.3 Å². The van der Waals surface area contributed by atoms with Gasteiger partial charge in [0.15, 0.2) is 0 Å². The Morgan fingerprint density at radius 2 is 1.92 bits per heavy atom. The molecular formula is C50H64N8O6. The Morgan fingerprint density at radius 1 is 1.16 bits per heavy atom. The lowest BCUT2D eigenvalue weighted by molar-refractivity contribution is -0.155. The maximum Gasteiger partial charge on any atom is 0.324 e. The van der Waals surface area contributed by atoms with Crippen molar-refractivity contribution in [2.24, 2.45) is 15.4 Å². The van der Waals surface area contributed by atoms with E-state index in [1.165, 1.54) is 9.91 Å². The number of hydrogen-bond donors (Lipinski definition) is 2. The molecule has 0 unspecified atom stereocenters. The van der Waals surface area contributed by atoms with Gasteiger partial charge in [0.1, 0.15) is 18.1 Å². The molecule has 2 aliphatic heterocycles. The van der Waals surface area contributed by atoms with E-state index in [9.17, 15) is 19.2 Å². The van der Waals surface area contributed by atoms with Gasteiger partial charge in [0.05, 0.1) is 37.0 Å². The maximum atomic E-state index is 14.6. The molecule has 0 radical (unpaired) electrons. The standard InChI is InChI=1S/C50H64N8O6/c1-11-57-42-18-17-35-26-37(42)38(45(57)39-28-51-21-19-36(39)29-63-10)27-50(7,8)30-64-48(62)40-16-13-23-58(55-40)47(61)41(25-33-14-12-15-34(35)24-33)54-46(60)44(32(2)3)56(9)43(59)20-22-52-31-53-49(4,5)6/h12,14-15,17-19,21,24,26,28,40-41,44,55H,2,11,13,16,20,22-23,25,27,29-30H2,1,3-10H3,(H,54,60)/t40-,41-,44-/m0/s1. The van der Waals surface area contributed by atoms with Crippen LogP contribution in [0.1, 0.15) is 84.4 Å². The Balaban J connectivity index is 1.41. The number of hydrazine groups is 1. The highest BCUT2D eigenvalue weighted by Gasteiger charge is 2.37. The molecule has 14 heteroatoms. The molecule has 2 N–H and O–H groups in total. The summed E-state index contributed by atoms with van der Waals surface area (Å²) in [5.74, 6) is -1.75. The summed E-state index contributed by atoms with van der Waals surface area (Å²) >= 11 is 0. The molecule has 4 aromatic rings. The second-order valence-corrected chi connectivity index (χ2v) is 18.8. The number of nitrogens with zero attached hydrogens (tertiary/aromatic N) is 6. The zero-order chi connectivity index (χ0) is 46.3. The van der Waals surface area contributed by atoms with Crippen LogP contribution in [0, 0.1) is 5.41 Å². The van der Waals surface area contributed by atoms with Crippen molar-refractivity contribution in [3.05, 3.63) is 89.8 Å². The number of aryl methyl sites for hydroxylation is 1. The molecule has 0 spiro atoms. The van der Waals surface area contributed by atoms with Gasteiger partial charge in [-0.1, -0.05) is 50.8 Å². The third-order valence-electron chi connectivity index (χ3n) is 11.7. The Kier molecular flexibility index (Phi) is 15.0. The summed E-state index contributed by atoms with van der Waals surface area (Å²) in [6.07, 6.45) is 5.46. The van der Waals surface area contributed by atoms with Gasteiger partial charge in [-0.2, -0.15) is 0 Å². The van der Waals surface area contributed by atoms with Crippen LogP contribution >= 0.6 is 0 Å². The Labute approximate surface area is 377 Å². The van der Waals surface area contributed by atoms with Crippen LogP contribution in [0.3, 0.4) is 0 Å². The van der Waals surface area contributed by atoms with Crippen LogP contribution in [-0.4, -0.2) is 107 Å². The van der Waals surface area contributed by atoms with E-state index >= 15 is 0 Å². The molecule has 340 valence electrons. The molecule has 3 amide bonds. The minimum Gasteiger partial charge on any atom is -0.464 e. The average molecular weight is 873 g/mol. The van der Waals surface area contributed by atoms with E-state index < -0.39 is 41.3 Å². The first-order valence-electron chi connectivity index (χ1n) is 22.2. The van der Waals surface area contributed by atoms with Crippen molar-refractivity contribution in [3.8, 4) is 22.4 Å². The van der Waals surface area contributed by atoms with Crippen molar-refractivity contribution < 1.29 is 28.7 Å². The molecular weight excluding hydrogens is 809 g/mol. The number of pyridine rings is 1. The molecule has 14 nitrogen and oxygen atoms in total. The normalized spacial score (nSPS) is 18.3. The third kappa shape index (κ3) is 11.2. The van der Waals surface area contributed by atoms with Crippen molar-refractivity contribution in [3.63, 3.8) is 0 Å². The van der Waals surface area contributed by atoms with Crippen LogP contribution in [0.2, 0.25) is 0 Å². The second kappa shape index (κ2) is 20.3. The highest BCUT2D eigenvalue weighted by Crippen LogP contribution is 2.41. The number of benzene rings is 2. The number of rotatable bonds is 11. The number of carbonyl (C=O) groups is 4. The predicted octanol–water partition coefficient (Wildman–Crippen LogP) is 6.95. The first-order chi connectivity index (χ1) is 30.4. The summed E-state index contributed by atoms with van der Waals surface area (Å²) in [7, 11) is 3.23. The van der Waals surface area contributed by atoms with Crippen molar-refractivity contribution >= 4 is 40.6 Å². The van der Waals surface area contributed by atoms with Crippen LogP contribution < -0.4 is 10.7 Å². The van der Waals surface area contributed by atoms with E-state index in [-0.39, 0.29) is 37.4 Å². The average Bonchev–Trinajstić information content (AvgIpc) is 3.55. The molecule has 6 bridgehead atoms. The third-order valence-corrected chi connectivity index (χ3v) is 11.7. The number of nitrogens with one attached hydrogen (secondary N) is 2. The zero-order valence-corrected chi connectivity index (χ0v) is 38.9. The lowest BCUT2D eigenvalue weighted by Gasteiger charge is -2.36. The summed E-state index contributed by atoms with van der Waals surface area (Å²) in [4.78, 5) is 70.4. The van der Waals surface area contributed by atoms with Gasteiger partial charge in [-0.05, 0) is 105 Å². The number of esters is 1. The number of likely N-dealkylation sites (N-methyl/N-ethyl adjacent to an activating group) is 1. The number of fused-ring (bicyclic) bond motifs is 6. The molecule has 2 aliphatic rings. The molecule has 2 aromatic carbocycles. The largest absolute Gasteiger partial charge is 0.464 e. The van der Waals surface area contributed by atoms with E-state index in [1.54, 1.807) is 27.3 Å². The van der Waals surface area contributed by atoms with Crippen LogP contribution in [-0.2, 0) is 54.6 Å². The Morgan fingerprint density at radius 3 is 2.64 bits per heavy atom. The molecule has 1 fully saturated rings. The lowest BCUT2D eigenvalue weighted by Crippen LogP contribution is -2.61. The molecule has 64 heavy (non-hydrogen) atoms. The first-order valence-corrected chi connectivity index (χ1v) is 22.2. The van der Waals surface area contributed by atoms with Gasteiger partial charge in [0, 0.05) is 74.4 Å². The minimum atomic E-state index is -1.07. The number of ether oxygens (including phenoxy) is 2. The van der Waals surface area contributed by atoms with Crippen molar-refractivity contribution in [2.75, 3.05) is 33.9 Å². The van der Waals surface area contributed by atoms with Crippen LogP contribution in [0.4, 0.5) is 0 Å². The summed E-state index contributed by atoms with van der Waals surface area (Å²) in [5, 5.41) is 5.49. The lowest BCUT2D eigenvalue weighted by atomic mass is 9.84. The fourth-order valence-corrected chi connectivity index (χ4v) is 8.54. The smallest absolute Gasteiger partial charge is 0.324 e. The molecule has 2 aromatic heterocycles. The van der Waals surface area contributed by atoms with Gasteiger partial charge in [-0.25, -0.2) is 15.4 Å². The van der Waals surface area contributed by atoms with Crippen LogP contribution in [0.25, 0.3) is 33.3 Å². The monoisotopic (exact) mass is 872 g/mol. The van der Waals surface area contributed by atoms with E-state index in [0.717, 1.165) is 50.0 Å². The molecule has 3 atom stereocenters. The van der Waals surface area contributed by atoms with Crippen molar-refractivity contribution in [1.29, 1.82) is 0 Å². The number of aromatic nitrogens is 2. The number of methoxy groups -OCH3 is 1. The van der Waals surface area contributed by atoms with Crippen molar-refractivity contribution in [2.45, 2.75) is 117 Å². The number of amides is 3. The fourth-order valence-electron chi connectivity index (χ4n) is 8.54. The number of hydrogen-bond acceptors (Lipinski definition) is 10. The highest BCUT2D eigenvalue weighted by molar-refractivity contribution is 5.96. The summed E-state index contributed by atoms with van der Waals surface area (Å²) in [6.45, 7) is 19.6. The predicted molar refractivity (Wildman–Crippen MR) is 249 cm³/mol. The topological polar surface area (TPSA) is 160 Å². The second-order valence-electron chi connectivity index (χ2n) is 18.8. The Bertz CT molecular complexity index is 2460. The molecule has 0 saturated carbocycles. The zero-order valence-electron chi connectivity index (χ0n) is 38.9. The van der Waals surface area contributed by atoms with Gasteiger partial charge in [0.25, 0.3) is 5.91 Å². The summed E-state index contributed by atoms with van der Waals surface area (Å²) in [5.41, 5.74) is 10.7. The molecule has 4 heterocycles. The van der Waals surface area contributed by atoms with E-state index in [0.29, 0.717) is 44.5 Å².